The van der Waals surface area contributed by atoms with Crippen molar-refractivity contribution in [3.63, 3.8) is 0 Å². The summed E-state index contributed by atoms with van der Waals surface area (Å²) in [6.45, 7) is 4.10. The largest absolute Gasteiger partial charge is 0.404 e. The number of carbonyl (C=O) groups excluding carboxylic acids is 1. The molecule has 2 heterocycles. The molecule has 0 bridgehead atoms. The van der Waals surface area contributed by atoms with Crippen molar-refractivity contribution in [2.75, 3.05) is 29.1 Å². The molecule has 4 rings (SSSR count). The first-order valence-corrected chi connectivity index (χ1v) is 11.2. The van der Waals surface area contributed by atoms with Crippen molar-refractivity contribution < 1.29 is 9.18 Å². The lowest BCUT2D eigenvalue weighted by molar-refractivity contribution is -0.117. The summed E-state index contributed by atoms with van der Waals surface area (Å²) in [5.74, 6) is 1.27. The van der Waals surface area contributed by atoms with E-state index in [-0.39, 0.29) is 23.8 Å². The van der Waals surface area contributed by atoms with Crippen molar-refractivity contribution in [1.29, 1.82) is 0 Å². The Hall–Kier alpha value is -3.49. The molecule has 1 aromatic carbocycles. The summed E-state index contributed by atoms with van der Waals surface area (Å²) in [6, 6.07) is 6.68. The molecule has 1 saturated carbocycles. The number of amides is 1. The van der Waals surface area contributed by atoms with E-state index in [4.69, 9.17) is 10.7 Å². The zero-order chi connectivity index (χ0) is 23.5. The molecule has 2 aliphatic rings. The zero-order valence-electron chi connectivity index (χ0n) is 19.2. The van der Waals surface area contributed by atoms with Crippen LogP contribution >= 0.6 is 0 Å². The average molecular weight is 452 g/mol. The summed E-state index contributed by atoms with van der Waals surface area (Å²) >= 11 is 0. The number of fused-ring (bicyclic) bond motifs is 1. The number of nitrogens with zero attached hydrogens (tertiary/aromatic N) is 4. The molecule has 33 heavy (non-hydrogen) atoms. The van der Waals surface area contributed by atoms with Crippen LogP contribution in [0, 0.1) is 12.7 Å². The van der Waals surface area contributed by atoms with Crippen molar-refractivity contribution in [3.05, 3.63) is 53.1 Å². The number of aromatic nitrogens is 2. The van der Waals surface area contributed by atoms with Gasteiger partial charge in [-0.05, 0) is 56.7 Å². The van der Waals surface area contributed by atoms with E-state index in [2.05, 4.69) is 20.6 Å². The highest BCUT2D eigenvalue weighted by Gasteiger charge is 2.30. The Morgan fingerprint density at radius 2 is 2.09 bits per heavy atom. The first-order chi connectivity index (χ1) is 15.9. The number of nitrogens with two attached hydrogens (primary N) is 1. The number of aliphatic imine (C=N–C) groups is 1. The number of carbonyl (C=O) groups is 1. The summed E-state index contributed by atoms with van der Waals surface area (Å²) in [4.78, 5) is 27.7. The number of aryl methyl sites for hydroxylation is 1. The first kappa shape index (κ1) is 22.7. The molecule has 1 aliphatic heterocycles. The number of nitrogens with one attached hydrogen (secondary N) is 2. The van der Waals surface area contributed by atoms with Gasteiger partial charge in [-0.25, -0.2) is 9.37 Å². The monoisotopic (exact) mass is 451 g/mol. The quantitative estimate of drug-likeness (QED) is 0.581. The minimum absolute atomic E-state index is 0.0736. The van der Waals surface area contributed by atoms with Gasteiger partial charge in [-0.3, -0.25) is 9.79 Å². The van der Waals surface area contributed by atoms with Crippen LogP contribution in [0.15, 0.2) is 41.0 Å². The standard InChI is InChI=1S/C24H30FN7O/c1-14-21-22(32(3)15(2)23(33)30-21)31-24(29-14)28-13-16(11-26)12-27-20-9-6-18(10-20)17-4-7-19(25)8-5-17/h4-5,7-8,11-12,15,18,20H,6,9-10,13,26H2,1-3H3,(H,30,33)(H,28,29,31)/b16-11+,27-12?/t15-,18?,20?/m0/s1. The Labute approximate surface area is 193 Å². The molecule has 8 nitrogen and oxygen atoms in total. The molecule has 1 aromatic heterocycles. The number of anilines is 3. The smallest absolute Gasteiger partial charge is 0.246 e. The fourth-order valence-corrected chi connectivity index (χ4v) is 4.29. The van der Waals surface area contributed by atoms with E-state index >= 15 is 0 Å². The van der Waals surface area contributed by atoms with Crippen molar-refractivity contribution in [1.82, 2.24) is 9.97 Å². The van der Waals surface area contributed by atoms with Gasteiger partial charge in [0, 0.05) is 31.6 Å². The third-order valence-corrected chi connectivity index (χ3v) is 6.48. The van der Waals surface area contributed by atoms with Gasteiger partial charge in [0.1, 0.15) is 17.5 Å². The van der Waals surface area contributed by atoms with Crippen LogP contribution in [0.2, 0.25) is 0 Å². The molecular formula is C24H30FN7O. The molecule has 174 valence electrons. The summed E-state index contributed by atoms with van der Waals surface area (Å²) in [6.07, 6.45) is 6.31. The lowest BCUT2D eigenvalue weighted by Gasteiger charge is -2.32. The van der Waals surface area contributed by atoms with Gasteiger partial charge >= 0.3 is 0 Å². The van der Waals surface area contributed by atoms with Crippen LogP contribution in [0.4, 0.5) is 21.8 Å². The van der Waals surface area contributed by atoms with E-state index in [0.717, 1.165) is 24.8 Å². The molecule has 0 radical (unpaired) electrons. The minimum Gasteiger partial charge on any atom is -0.404 e. The Kier molecular flexibility index (Phi) is 6.57. The van der Waals surface area contributed by atoms with Crippen molar-refractivity contribution >= 4 is 29.6 Å². The Morgan fingerprint density at radius 1 is 1.33 bits per heavy atom. The number of halogens is 1. The Bertz CT molecular complexity index is 1080. The molecule has 2 aromatic rings. The maximum atomic E-state index is 13.2. The van der Waals surface area contributed by atoms with Gasteiger partial charge in [-0.15, -0.1) is 0 Å². The van der Waals surface area contributed by atoms with E-state index in [0.29, 0.717) is 35.6 Å². The lowest BCUT2D eigenvalue weighted by atomic mass is 9.97. The highest BCUT2D eigenvalue weighted by Crippen LogP contribution is 2.36. The number of likely N-dealkylation sites (N-methyl/N-ethyl adjacent to an activating group) is 1. The van der Waals surface area contributed by atoms with Crippen LogP contribution in [0.1, 0.15) is 43.4 Å². The van der Waals surface area contributed by atoms with Gasteiger partial charge in [0.2, 0.25) is 11.9 Å². The number of hydrogen-bond donors (Lipinski definition) is 3. The van der Waals surface area contributed by atoms with Crippen LogP contribution in [0.3, 0.4) is 0 Å². The molecule has 3 atom stereocenters. The van der Waals surface area contributed by atoms with Crippen LogP contribution in [0.5, 0.6) is 0 Å². The predicted molar refractivity (Wildman–Crippen MR) is 129 cm³/mol. The third kappa shape index (κ3) is 4.97. The highest BCUT2D eigenvalue weighted by atomic mass is 19.1. The van der Waals surface area contributed by atoms with Crippen molar-refractivity contribution in [3.8, 4) is 0 Å². The highest BCUT2D eigenvalue weighted by molar-refractivity contribution is 6.03. The van der Waals surface area contributed by atoms with Crippen molar-refractivity contribution in [2.24, 2.45) is 10.7 Å². The molecular weight excluding hydrogens is 421 g/mol. The van der Waals surface area contributed by atoms with Gasteiger partial charge in [-0.2, -0.15) is 4.98 Å². The van der Waals surface area contributed by atoms with Crippen molar-refractivity contribution in [2.45, 2.75) is 51.1 Å². The second-order valence-electron chi connectivity index (χ2n) is 8.70. The molecule has 0 spiro atoms. The maximum Gasteiger partial charge on any atom is 0.246 e. The van der Waals surface area contributed by atoms with Gasteiger partial charge < -0.3 is 21.3 Å². The molecule has 0 saturated heterocycles. The van der Waals surface area contributed by atoms with Gasteiger partial charge in [0.05, 0.1) is 11.7 Å². The third-order valence-electron chi connectivity index (χ3n) is 6.48. The summed E-state index contributed by atoms with van der Waals surface area (Å²) in [7, 11) is 1.84. The van der Waals surface area contributed by atoms with E-state index in [9.17, 15) is 9.18 Å². The van der Waals surface area contributed by atoms with Crippen LogP contribution < -0.4 is 21.3 Å². The zero-order valence-corrected chi connectivity index (χ0v) is 19.2. The first-order valence-electron chi connectivity index (χ1n) is 11.2. The van der Waals surface area contributed by atoms with Crippen LogP contribution in [-0.4, -0.2) is 47.8 Å². The Balaban J connectivity index is 1.36. The van der Waals surface area contributed by atoms with E-state index in [1.165, 1.54) is 23.9 Å². The fourth-order valence-electron chi connectivity index (χ4n) is 4.29. The number of hydrogen-bond acceptors (Lipinski definition) is 7. The maximum absolute atomic E-state index is 13.2. The average Bonchev–Trinajstić information content (AvgIpc) is 3.28. The molecule has 1 fully saturated rings. The number of benzene rings is 1. The van der Waals surface area contributed by atoms with Gasteiger partial charge in [0.15, 0.2) is 5.82 Å². The van der Waals surface area contributed by atoms with Gasteiger partial charge in [-0.1, -0.05) is 12.1 Å². The fraction of sp³-hybridized carbons (Fsp3) is 0.417. The number of rotatable bonds is 6. The summed E-state index contributed by atoms with van der Waals surface area (Å²) in [5.41, 5.74) is 9.15. The molecule has 2 unspecified atom stereocenters. The molecule has 9 heteroatoms. The van der Waals surface area contributed by atoms with E-state index in [1.54, 1.807) is 0 Å². The van der Waals surface area contributed by atoms with Crippen LogP contribution in [0.25, 0.3) is 0 Å². The summed E-state index contributed by atoms with van der Waals surface area (Å²) in [5, 5.41) is 6.09. The van der Waals surface area contributed by atoms with E-state index < -0.39 is 0 Å². The molecule has 1 amide bonds. The molecule has 4 N–H and O–H groups in total. The normalized spacial score (nSPS) is 23.0. The van der Waals surface area contributed by atoms with Crippen LogP contribution in [-0.2, 0) is 4.79 Å². The second-order valence-corrected chi connectivity index (χ2v) is 8.70. The van der Waals surface area contributed by atoms with E-state index in [1.807, 2.05) is 44.1 Å². The SMILES string of the molecule is Cc1nc(NC/C(C=NC2CCC(c3ccc(F)cc3)C2)=C/N)nc2c1NC(=O)[C@H](C)N2C. The van der Waals surface area contributed by atoms with Gasteiger partial charge in [0.25, 0.3) is 0 Å². The second kappa shape index (κ2) is 9.56. The predicted octanol–water partition coefficient (Wildman–Crippen LogP) is 3.36. The molecule has 1 aliphatic carbocycles. The minimum atomic E-state index is -0.309. The lowest BCUT2D eigenvalue weighted by Crippen LogP contribution is -2.44. The summed E-state index contributed by atoms with van der Waals surface area (Å²) < 4.78 is 13.2. The Morgan fingerprint density at radius 3 is 2.82 bits per heavy atom. The topological polar surface area (TPSA) is 109 Å².